The van der Waals surface area contributed by atoms with Crippen LogP contribution in [-0.4, -0.2) is 37.9 Å². The number of rotatable bonds is 5. The number of halogens is 3. The summed E-state index contributed by atoms with van der Waals surface area (Å²) < 4.78 is 19.9. The Hall–Kier alpha value is -3.86. The smallest absolute Gasteiger partial charge is 0.338 e. The van der Waals surface area contributed by atoms with E-state index >= 15 is 0 Å². The van der Waals surface area contributed by atoms with E-state index in [1.165, 1.54) is 53.0 Å². The molecular formula is C31H32Cl2FN5O4. The molecule has 0 spiro atoms. The normalized spacial score (nSPS) is 14.1. The minimum Gasteiger partial charge on any atom is -0.456 e. The van der Waals surface area contributed by atoms with Gasteiger partial charge in [-0.3, -0.25) is 9.59 Å². The lowest BCUT2D eigenvalue weighted by Gasteiger charge is -2.21. The molecule has 1 amide bonds. The fourth-order valence-electron chi connectivity index (χ4n) is 4.69. The Morgan fingerprint density at radius 3 is 2.51 bits per heavy atom. The minimum absolute atomic E-state index is 0.0216. The third-order valence-electron chi connectivity index (χ3n) is 6.82. The quantitative estimate of drug-likeness (QED) is 0.199. The van der Waals surface area contributed by atoms with E-state index in [4.69, 9.17) is 33.7 Å². The Morgan fingerprint density at radius 2 is 1.86 bits per heavy atom. The molecule has 3 N–H and O–H groups in total. The fraction of sp³-hybridized carbons (Fsp3) is 0.323. The van der Waals surface area contributed by atoms with Crippen LogP contribution in [0.3, 0.4) is 0 Å². The monoisotopic (exact) mass is 627 g/mol. The zero-order valence-electron chi connectivity index (χ0n) is 24.4. The van der Waals surface area contributed by atoms with Crippen molar-refractivity contribution in [1.82, 2.24) is 19.9 Å². The molecule has 0 radical (unpaired) electrons. The molecule has 12 heteroatoms. The number of esters is 1. The van der Waals surface area contributed by atoms with Gasteiger partial charge in [0, 0.05) is 19.5 Å². The van der Waals surface area contributed by atoms with Crippen molar-refractivity contribution in [2.24, 2.45) is 5.73 Å². The number of fused-ring (bicyclic) bond motifs is 2. The Morgan fingerprint density at radius 1 is 1.14 bits per heavy atom. The topological polar surface area (TPSA) is 129 Å². The van der Waals surface area contributed by atoms with Crippen LogP contribution in [0, 0.1) is 12.7 Å². The van der Waals surface area contributed by atoms with Crippen LogP contribution >= 0.6 is 23.2 Å². The van der Waals surface area contributed by atoms with Crippen molar-refractivity contribution < 1.29 is 23.5 Å². The van der Waals surface area contributed by atoms with Crippen molar-refractivity contribution in [2.45, 2.75) is 65.6 Å². The van der Waals surface area contributed by atoms with Crippen molar-refractivity contribution in [3.05, 3.63) is 97.7 Å². The van der Waals surface area contributed by atoms with Gasteiger partial charge in [-0.15, -0.1) is 0 Å². The molecule has 0 unspecified atom stereocenters. The maximum absolute atomic E-state index is 13.2. The molecule has 0 saturated carbocycles. The summed E-state index contributed by atoms with van der Waals surface area (Å²) in [5, 5.41) is 6.80. The SMILES string of the molecule is CC(=O)c1cc(C(=O)NCc2ccc(F)c(Cl)c2)nc2c(Cl)cnn12.Cc1c(C(=O)OC(C)(C)C)ccc2c1CC[C@@H]2N. The fourth-order valence-corrected chi connectivity index (χ4v) is 5.06. The molecule has 0 fully saturated rings. The van der Waals surface area contributed by atoms with E-state index < -0.39 is 17.3 Å². The van der Waals surface area contributed by atoms with Crippen molar-refractivity contribution in [3.8, 4) is 0 Å². The van der Waals surface area contributed by atoms with Gasteiger partial charge < -0.3 is 15.8 Å². The number of ether oxygens (including phenoxy) is 1. The number of carbonyl (C=O) groups is 3. The first-order chi connectivity index (χ1) is 20.2. The second kappa shape index (κ2) is 12.8. The van der Waals surface area contributed by atoms with Gasteiger partial charge in [-0.05, 0) is 87.1 Å². The molecule has 2 aromatic heterocycles. The molecule has 43 heavy (non-hydrogen) atoms. The van der Waals surface area contributed by atoms with Gasteiger partial charge >= 0.3 is 5.97 Å². The number of ketones is 1. The number of benzene rings is 2. The molecule has 1 aliphatic rings. The molecule has 0 saturated heterocycles. The van der Waals surface area contributed by atoms with Crippen LogP contribution in [0.4, 0.5) is 4.39 Å². The Balaban J connectivity index is 0.000000208. The standard InChI is InChI=1S/C16H11Cl2FN4O2.C15H21NO2/c1-8(24)14-5-13(22-15-11(18)7-21-23(14)15)16(25)20-6-9-2-3-12(19)10(17)4-9;1-9-10-7-8-13(16)12(10)6-5-11(9)14(17)18-15(2,3)4/h2-5,7H,6H2,1H3,(H,20,25);5-6,13H,7-8,16H2,1-4H3/t;13-/m.0/s1. The molecule has 1 atom stereocenters. The number of nitrogens with two attached hydrogens (primary N) is 1. The molecule has 2 heterocycles. The Kier molecular flexibility index (Phi) is 9.54. The van der Waals surface area contributed by atoms with Crippen molar-refractivity contribution in [1.29, 1.82) is 0 Å². The van der Waals surface area contributed by atoms with Crippen LogP contribution < -0.4 is 11.1 Å². The second-order valence-electron chi connectivity index (χ2n) is 11.2. The van der Waals surface area contributed by atoms with E-state index in [0.717, 1.165) is 18.4 Å². The molecule has 0 aliphatic heterocycles. The zero-order valence-corrected chi connectivity index (χ0v) is 25.9. The summed E-state index contributed by atoms with van der Waals surface area (Å²) in [5.41, 5.74) is 10.7. The highest BCUT2D eigenvalue weighted by Crippen LogP contribution is 2.33. The van der Waals surface area contributed by atoms with Gasteiger partial charge in [0.2, 0.25) is 0 Å². The minimum atomic E-state index is -0.537. The number of nitrogens with one attached hydrogen (secondary N) is 1. The first-order valence-corrected chi connectivity index (χ1v) is 14.3. The molecule has 1 aliphatic carbocycles. The highest BCUT2D eigenvalue weighted by molar-refractivity contribution is 6.33. The summed E-state index contributed by atoms with van der Waals surface area (Å²) >= 11 is 11.7. The average Bonchev–Trinajstić information content (AvgIpc) is 3.50. The number of nitrogens with zero attached hydrogens (tertiary/aromatic N) is 3. The first-order valence-electron chi connectivity index (χ1n) is 13.5. The van der Waals surface area contributed by atoms with Crippen LogP contribution in [0.1, 0.15) is 93.7 Å². The summed E-state index contributed by atoms with van der Waals surface area (Å²) in [6, 6.07) is 9.41. The van der Waals surface area contributed by atoms with Gasteiger partial charge in [-0.1, -0.05) is 35.3 Å². The summed E-state index contributed by atoms with van der Waals surface area (Å²) in [6.45, 7) is 9.09. The summed E-state index contributed by atoms with van der Waals surface area (Å²) in [6.07, 6.45) is 3.27. The van der Waals surface area contributed by atoms with E-state index in [2.05, 4.69) is 15.4 Å². The van der Waals surface area contributed by atoms with Gasteiger partial charge in [0.15, 0.2) is 11.4 Å². The molecule has 5 rings (SSSR count). The Bertz CT molecular complexity index is 1730. The van der Waals surface area contributed by atoms with Gasteiger partial charge in [-0.25, -0.2) is 18.7 Å². The van der Waals surface area contributed by atoms with Crippen LogP contribution in [0.25, 0.3) is 5.65 Å². The first kappa shape index (κ1) is 32.1. The maximum Gasteiger partial charge on any atom is 0.338 e. The van der Waals surface area contributed by atoms with Crippen LogP contribution in [0.2, 0.25) is 10.0 Å². The number of carbonyl (C=O) groups excluding carboxylic acids is 3. The van der Waals surface area contributed by atoms with E-state index in [1.807, 2.05) is 39.8 Å². The van der Waals surface area contributed by atoms with Crippen LogP contribution in [0.15, 0.2) is 42.6 Å². The number of Topliss-reactive ketones (excluding diaryl/α,β-unsaturated/α-hetero) is 1. The predicted octanol–water partition coefficient (Wildman–Crippen LogP) is 6.20. The van der Waals surface area contributed by atoms with Gasteiger partial charge in [0.25, 0.3) is 5.91 Å². The maximum atomic E-state index is 13.2. The molecule has 226 valence electrons. The lowest BCUT2D eigenvalue weighted by molar-refractivity contribution is 0.00683. The molecule has 0 bridgehead atoms. The highest BCUT2D eigenvalue weighted by atomic mass is 35.5. The molecule has 4 aromatic rings. The van der Waals surface area contributed by atoms with Crippen molar-refractivity contribution in [3.63, 3.8) is 0 Å². The summed E-state index contributed by atoms with van der Waals surface area (Å²) in [7, 11) is 0. The van der Waals surface area contributed by atoms with Crippen LogP contribution in [-0.2, 0) is 17.7 Å². The number of hydrogen-bond acceptors (Lipinski definition) is 7. The summed E-state index contributed by atoms with van der Waals surface area (Å²) in [4.78, 5) is 40.4. The van der Waals surface area contributed by atoms with Crippen molar-refractivity contribution in [2.75, 3.05) is 0 Å². The van der Waals surface area contributed by atoms with Crippen LogP contribution in [0.5, 0.6) is 0 Å². The van der Waals surface area contributed by atoms with E-state index in [1.54, 1.807) is 0 Å². The predicted molar refractivity (Wildman–Crippen MR) is 162 cm³/mol. The lowest BCUT2D eigenvalue weighted by atomic mass is 9.98. The highest BCUT2D eigenvalue weighted by Gasteiger charge is 2.26. The number of hydrogen-bond donors (Lipinski definition) is 2. The zero-order chi connectivity index (χ0) is 31.6. The lowest BCUT2D eigenvalue weighted by Crippen LogP contribution is -2.25. The van der Waals surface area contributed by atoms with E-state index in [-0.39, 0.29) is 51.4 Å². The molecular weight excluding hydrogens is 596 g/mol. The third-order valence-corrected chi connectivity index (χ3v) is 7.37. The number of aromatic nitrogens is 3. The third kappa shape index (κ3) is 7.38. The van der Waals surface area contributed by atoms with E-state index in [9.17, 15) is 18.8 Å². The van der Waals surface area contributed by atoms with Crippen molar-refractivity contribution >= 4 is 46.5 Å². The average molecular weight is 629 g/mol. The number of amides is 1. The van der Waals surface area contributed by atoms with Gasteiger partial charge in [-0.2, -0.15) is 5.10 Å². The molecule has 9 nitrogen and oxygen atoms in total. The largest absolute Gasteiger partial charge is 0.456 e. The Labute approximate surface area is 258 Å². The van der Waals surface area contributed by atoms with Gasteiger partial charge in [0.05, 0.1) is 16.8 Å². The second-order valence-corrected chi connectivity index (χ2v) is 12.0. The van der Waals surface area contributed by atoms with E-state index in [0.29, 0.717) is 11.1 Å². The molecule has 2 aromatic carbocycles. The summed E-state index contributed by atoms with van der Waals surface area (Å²) in [5.74, 6) is -1.58. The van der Waals surface area contributed by atoms with Gasteiger partial charge in [0.1, 0.15) is 27.8 Å².